The normalized spacial score (nSPS) is 12.7. The van der Waals surface area contributed by atoms with Gasteiger partial charge in [-0.05, 0) is 42.1 Å². The number of hydrogen-bond acceptors (Lipinski definition) is 1. The molecule has 0 spiro atoms. The van der Waals surface area contributed by atoms with Crippen LogP contribution in [0.2, 0.25) is 18.1 Å². The maximum Gasteiger partial charge on any atom is 0.192 e. The first-order valence-corrected chi connectivity index (χ1v) is 10.9. The fourth-order valence-electron chi connectivity index (χ4n) is 1.98. The molecule has 0 aromatic heterocycles. The van der Waals surface area contributed by atoms with Crippen LogP contribution >= 0.6 is 0 Å². The second kappa shape index (κ2) is 7.42. The number of benzene rings is 1. The summed E-state index contributed by atoms with van der Waals surface area (Å²) in [5.74, 6) is 0. The van der Waals surface area contributed by atoms with Crippen molar-refractivity contribution in [3.8, 4) is 0 Å². The van der Waals surface area contributed by atoms with Crippen LogP contribution in [-0.4, -0.2) is 8.32 Å². The molecule has 0 heterocycles. The van der Waals surface area contributed by atoms with Crippen LogP contribution in [-0.2, 0) is 17.5 Å². The van der Waals surface area contributed by atoms with Gasteiger partial charge in [-0.3, -0.25) is 0 Å². The fraction of sp³-hybridized carbons (Fsp3) is 0.667. The molecule has 0 bridgehead atoms. The highest BCUT2D eigenvalue weighted by Gasteiger charge is 2.37. The quantitative estimate of drug-likeness (QED) is 0.446. The van der Waals surface area contributed by atoms with Crippen LogP contribution in [0.1, 0.15) is 58.1 Å². The molecule has 114 valence electrons. The van der Waals surface area contributed by atoms with E-state index in [4.69, 9.17) is 4.43 Å². The lowest BCUT2D eigenvalue weighted by Gasteiger charge is -2.36. The molecule has 0 fully saturated rings. The van der Waals surface area contributed by atoms with Crippen LogP contribution in [0.3, 0.4) is 0 Å². The Morgan fingerprint density at radius 2 is 1.60 bits per heavy atom. The number of unbranched alkanes of at least 4 members (excludes halogenated alkanes) is 2. The molecule has 20 heavy (non-hydrogen) atoms. The van der Waals surface area contributed by atoms with Gasteiger partial charge in [0, 0.05) is 0 Å². The highest BCUT2D eigenvalue weighted by Crippen LogP contribution is 2.37. The summed E-state index contributed by atoms with van der Waals surface area (Å²) in [5, 5.41) is 0.282. The largest absolute Gasteiger partial charge is 0.413 e. The molecular weight excluding hydrogens is 260 g/mol. The van der Waals surface area contributed by atoms with Gasteiger partial charge in [-0.15, -0.1) is 0 Å². The van der Waals surface area contributed by atoms with Gasteiger partial charge in [0.2, 0.25) is 0 Å². The van der Waals surface area contributed by atoms with Crippen molar-refractivity contribution >= 4 is 8.32 Å². The van der Waals surface area contributed by atoms with E-state index in [1.54, 1.807) is 0 Å². The van der Waals surface area contributed by atoms with Crippen LogP contribution in [0.25, 0.3) is 0 Å². The van der Waals surface area contributed by atoms with E-state index in [2.05, 4.69) is 65.1 Å². The van der Waals surface area contributed by atoms with Gasteiger partial charge in [-0.2, -0.15) is 0 Å². The molecule has 0 aliphatic heterocycles. The third-order valence-corrected chi connectivity index (χ3v) is 9.04. The molecule has 1 rings (SSSR count). The molecule has 0 atom stereocenters. The number of aryl methyl sites for hydroxylation is 1. The first kappa shape index (κ1) is 17.4. The van der Waals surface area contributed by atoms with E-state index in [0.717, 1.165) is 6.61 Å². The first-order chi connectivity index (χ1) is 9.28. The summed E-state index contributed by atoms with van der Waals surface area (Å²) in [4.78, 5) is 0. The van der Waals surface area contributed by atoms with E-state index >= 15 is 0 Å². The summed E-state index contributed by atoms with van der Waals surface area (Å²) in [6, 6.07) is 8.78. The first-order valence-electron chi connectivity index (χ1n) is 7.98. The van der Waals surface area contributed by atoms with Crippen molar-refractivity contribution in [1.29, 1.82) is 0 Å². The molecule has 0 saturated carbocycles. The summed E-state index contributed by atoms with van der Waals surface area (Å²) < 4.78 is 6.37. The molecule has 0 unspecified atom stereocenters. The topological polar surface area (TPSA) is 9.23 Å². The lowest BCUT2D eigenvalue weighted by molar-refractivity contribution is 0.275. The molecule has 1 aromatic rings. The Hall–Kier alpha value is -0.603. The molecule has 0 radical (unpaired) electrons. The molecule has 0 N–H and O–H groups in total. The molecule has 0 aliphatic carbocycles. The Labute approximate surface area is 126 Å². The zero-order valence-electron chi connectivity index (χ0n) is 14.3. The molecule has 2 heteroatoms. The van der Waals surface area contributed by atoms with E-state index in [9.17, 15) is 0 Å². The predicted molar refractivity (Wildman–Crippen MR) is 91.7 cm³/mol. The van der Waals surface area contributed by atoms with Gasteiger partial charge in [-0.1, -0.05) is 64.8 Å². The standard InChI is InChI=1S/C18H32OSi/c1-7-8-9-12-16-13-10-11-14-17(16)15-19-20(5,6)18(2,3)4/h10-11,13-14H,7-9,12,15H2,1-6H3. The highest BCUT2D eigenvalue weighted by atomic mass is 28.4. The average molecular weight is 293 g/mol. The summed E-state index contributed by atoms with van der Waals surface area (Å²) in [7, 11) is -1.65. The summed E-state index contributed by atoms with van der Waals surface area (Å²) in [6.45, 7) is 14.6. The van der Waals surface area contributed by atoms with Crippen molar-refractivity contribution in [2.45, 2.75) is 78.1 Å². The second-order valence-electron chi connectivity index (χ2n) is 7.27. The second-order valence-corrected chi connectivity index (χ2v) is 12.1. The number of rotatable bonds is 7. The Morgan fingerprint density at radius 3 is 2.15 bits per heavy atom. The Morgan fingerprint density at radius 1 is 1.00 bits per heavy atom. The van der Waals surface area contributed by atoms with Crippen molar-refractivity contribution in [2.75, 3.05) is 0 Å². The Kier molecular flexibility index (Phi) is 6.47. The Balaban J connectivity index is 2.68. The van der Waals surface area contributed by atoms with E-state index < -0.39 is 8.32 Å². The molecule has 0 saturated heterocycles. The minimum absolute atomic E-state index is 0.282. The lowest BCUT2D eigenvalue weighted by atomic mass is 10.0. The van der Waals surface area contributed by atoms with E-state index in [1.807, 2.05) is 0 Å². The van der Waals surface area contributed by atoms with Gasteiger partial charge in [0.05, 0.1) is 6.61 Å². The van der Waals surface area contributed by atoms with Gasteiger partial charge in [0.1, 0.15) is 0 Å². The molecule has 0 aliphatic rings. The summed E-state index contributed by atoms with van der Waals surface area (Å²) in [6.07, 6.45) is 5.07. The van der Waals surface area contributed by atoms with Gasteiger partial charge in [0.25, 0.3) is 0 Å². The third kappa shape index (κ3) is 5.06. The summed E-state index contributed by atoms with van der Waals surface area (Å²) in [5.41, 5.74) is 2.85. The zero-order valence-corrected chi connectivity index (χ0v) is 15.3. The summed E-state index contributed by atoms with van der Waals surface area (Å²) >= 11 is 0. The van der Waals surface area contributed by atoms with Gasteiger partial charge >= 0.3 is 0 Å². The fourth-order valence-corrected chi connectivity index (χ4v) is 2.93. The van der Waals surface area contributed by atoms with Crippen molar-refractivity contribution in [1.82, 2.24) is 0 Å². The Bertz CT molecular complexity index is 404. The van der Waals surface area contributed by atoms with Gasteiger partial charge < -0.3 is 4.43 Å². The third-order valence-electron chi connectivity index (χ3n) is 4.56. The van der Waals surface area contributed by atoms with Gasteiger partial charge in [0.15, 0.2) is 8.32 Å². The molecule has 1 nitrogen and oxygen atoms in total. The van der Waals surface area contributed by atoms with Crippen molar-refractivity contribution in [3.05, 3.63) is 35.4 Å². The van der Waals surface area contributed by atoms with Crippen molar-refractivity contribution in [3.63, 3.8) is 0 Å². The van der Waals surface area contributed by atoms with E-state index in [1.165, 1.54) is 36.8 Å². The lowest BCUT2D eigenvalue weighted by Crippen LogP contribution is -2.40. The highest BCUT2D eigenvalue weighted by molar-refractivity contribution is 6.74. The maximum atomic E-state index is 6.37. The average Bonchev–Trinajstić information content (AvgIpc) is 2.36. The predicted octanol–water partition coefficient (Wildman–Crippen LogP) is 5.94. The monoisotopic (exact) mass is 292 g/mol. The van der Waals surface area contributed by atoms with Crippen LogP contribution < -0.4 is 0 Å². The minimum atomic E-state index is -1.65. The smallest absolute Gasteiger partial charge is 0.192 e. The molecule has 0 amide bonds. The number of hydrogen-bond donors (Lipinski definition) is 0. The maximum absolute atomic E-state index is 6.37. The molecular formula is C18H32OSi. The van der Waals surface area contributed by atoms with Crippen molar-refractivity contribution < 1.29 is 4.43 Å². The minimum Gasteiger partial charge on any atom is -0.413 e. The molecule has 1 aromatic carbocycles. The zero-order chi connectivity index (χ0) is 15.2. The van der Waals surface area contributed by atoms with E-state index in [0.29, 0.717) is 0 Å². The van der Waals surface area contributed by atoms with Crippen LogP contribution in [0.4, 0.5) is 0 Å². The van der Waals surface area contributed by atoms with Crippen LogP contribution in [0, 0.1) is 0 Å². The van der Waals surface area contributed by atoms with Gasteiger partial charge in [-0.25, -0.2) is 0 Å². The van der Waals surface area contributed by atoms with Crippen LogP contribution in [0.15, 0.2) is 24.3 Å². The SMILES string of the molecule is CCCCCc1ccccc1CO[Si](C)(C)C(C)(C)C. The van der Waals surface area contributed by atoms with E-state index in [-0.39, 0.29) is 5.04 Å². The van der Waals surface area contributed by atoms with Crippen LogP contribution in [0.5, 0.6) is 0 Å². The van der Waals surface area contributed by atoms with Crippen molar-refractivity contribution in [2.24, 2.45) is 0 Å².